The van der Waals surface area contributed by atoms with E-state index < -0.39 is 5.91 Å². The number of carbonyl (C=O) groups excluding carboxylic acids is 1. The molecule has 0 heterocycles. The van der Waals surface area contributed by atoms with Crippen molar-refractivity contribution >= 4 is 17.5 Å². The molecule has 4 rings (SSSR count). The first-order chi connectivity index (χ1) is 19.5. The maximum Gasteiger partial charge on any atom is 0.231 e. The number of benzene rings is 4. The van der Waals surface area contributed by atoms with Crippen molar-refractivity contribution < 1.29 is 19.0 Å². The summed E-state index contributed by atoms with van der Waals surface area (Å²) in [6, 6.07) is 31.5. The van der Waals surface area contributed by atoms with Crippen molar-refractivity contribution in [3.05, 3.63) is 124 Å². The molecule has 208 valence electrons. The van der Waals surface area contributed by atoms with Gasteiger partial charge in [0.1, 0.15) is 17.2 Å². The average Bonchev–Trinajstić information content (AvgIpc) is 2.97. The summed E-state index contributed by atoms with van der Waals surface area (Å²) in [5.74, 6) is 1.94. The van der Waals surface area contributed by atoms with E-state index in [1.54, 1.807) is 14.2 Å². The smallest absolute Gasteiger partial charge is 0.231 e. The lowest BCUT2D eigenvalue weighted by Crippen LogP contribution is -2.38. The Morgan fingerprint density at radius 1 is 0.850 bits per heavy atom. The maximum atomic E-state index is 12.2. The first kappa shape index (κ1) is 29.0. The Kier molecular flexibility index (Phi) is 10.4. The molecule has 7 heteroatoms. The van der Waals surface area contributed by atoms with Crippen LogP contribution in [0.3, 0.4) is 0 Å². The highest BCUT2D eigenvalue weighted by molar-refractivity contribution is 6.30. The molecule has 0 aliphatic carbocycles. The molecular formula is C33H35ClN2O4. The van der Waals surface area contributed by atoms with Crippen molar-refractivity contribution in [1.29, 1.82) is 0 Å². The molecule has 0 spiro atoms. The fourth-order valence-electron chi connectivity index (χ4n) is 4.78. The summed E-state index contributed by atoms with van der Waals surface area (Å²) < 4.78 is 17.0. The number of halogens is 1. The fraction of sp³-hybridized carbons (Fsp3) is 0.242. The number of methoxy groups -OCH3 is 2. The molecule has 0 saturated carbocycles. The lowest BCUT2D eigenvalue weighted by Gasteiger charge is -2.32. The zero-order valence-corrected chi connectivity index (χ0v) is 23.6. The quantitative estimate of drug-likeness (QED) is 0.184. The Morgan fingerprint density at radius 3 is 2.00 bits per heavy atom. The number of rotatable bonds is 14. The standard InChI is InChI=1S/C33H35ClN2O4/c1-38-29-14-9-25(10-15-29)33(26-11-16-30(39-2)17-12-26)36(23-32(35)37)19-6-20-40-31-18-13-28(34)22-27(31)21-24-7-4-3-5-8-24/h3-5,7-18,22,33H,6,19-21,23H2,1-2H3,(H2,35,37). The van der Waals surface area contributed by atoms with E-state index in [1.165, 1.54) is 5.56 Å². The summed E-state index contributed by atoms with van der Waals surface area (Å²) in [5.41, 5.74) is 9.98. The summed E-state index contributed by atoms with van der Waals surface area (Å²) in [5, 5.41) is 0.674. The van der Waals surface area contributed by atoms with Gasteiger partial charge >= 0.3 is 0 Å². The van der Waals surface area contributed by atoms with Crippen LogP contribution in [0.15, 0.2) is 97.1 Å². The van der Waals surface area contributed by atoms with Gasteiger partial charge in [-0.25, -0.2) is 0 Å². The number of hydrogen-bond acceptors (Lipinski definition) is 5. The normalized spacial score (nSPS) is 11.0. The van der Waals surface area contributed by atoms with Crippen LogP contribution in [0.25, 0.3) is 0 Å². The predicted molar refractivity (Wildman–Crippen MR) is 159 cm³/mol. The number of primary amides is 1. The van der Waals surface area contributed by atoms with E-state index in [1.807, 2.05) is 84.9 Å². The Hall–Kier alpha value is -4.00. The van der Waals surface area contributed by atoms with Gasteiger partial charge in [-0.15, -0.1) is 0 Å². The summed E-state index contributed by atoms with van der Waals surface area (Å²) in [7, 11) is 3.28. The monoisotopic (exact) mass is 558 g/mol. The molecule has 0 saturated heterocycles. The van der Waals surface area contributed by atoms with E-state index in [0.717, 1.165) is 40.4 Å². The zero-order chi connectivity index (χ0) is 28.3. The molecule has 0 aliphatic rings. The van der Waals surface area contributed by atoms with E-state index in [2.05, 4.69) is 17.0 Å². The summed E-state index contributed by atoms with van der Waals surface area (Å²) >= 11 is 6.30. The molecule has 6 nitrogen and oxygen atoms in total. The first-order valence-electron chi connectivity index (χ1n) is 13.2. The highest BCUT2D eigenvalue weighted by atomic mass is 35.5. The second kappa shape index (κ2) is 14.4. The number of nitrogens with two attached hydrogens (primary N) is 1. The number of hydrogen-bond donors (Lipinski definition) is 1. The minimum Gasteiger partial charge on any atom is -0.497 e. The van der Waals surface area contributed by atoms with Crippen LogP contribution in [0, 0.1) is 0 Å². The van der Waals surface area contributed by atoms with Gasteiger partial charge in [-0.3, -0.25) is 9.69 Å². The van der Waals surface area contributed by atoms with Gasteiger partial charge in [-0.1, -0.05) is 66.2 Å². The topological polar surface area (TPSA) is 74.0 Å². The molecule has 0 unspecified atom stereocenters. The molecule has 0 atom stereocenters. The van der Waals surface area contributed by atoms with Crippen molar-refractivity contribution in [3.8, 4) is 17.2 Å². The minimum absolute atomic E-state index is 0.100. The maximum absolute atomic E-state index is 12.2. The molecule has 0 aromatic heterocycles. The Labute approximate surface area is 241 Å². The lowest BCUT2D eigenvalue weighted by atomic mass is 9.96. The third-order valence-electron chi connectivity index (χ3n) is 6.69. The van der Waals surface area contributed by atoms with Crippen LogP contribution >= 0.6 is 11.6 Å². The Balaban J connectivity index is 1.51. The first-order valence-corrected chi connectivity index (χ1v) is 13.6. The van der Waals surface area contributed by atoms with Crippen molar-refractivity contribution in [2.75, 3.05) is 33.9 Å². The summed E-state index contributed by atoms with van der Waals surface area (Å²) in [4.78, 5) is 14.3. The van der Waals surface area contributed by atoms with Gasteiger partial charge in [0.15, 0.2) is 0 Å². The van der Waals surface area contributed by atoms with Crippen LogP contribution in [0.2, 0.25) is 5.02 Å². The second-order valence-corrected chi connectivity index (χ2v) is 9.94. The average molecular weight is 559 g/mol. The van der Waals surface area contributed by atoms with Crippen molar-refractivity contribution in [2.24, 2.45) is 5.73 Å². The largest absolute Gasteiger partial charge is 0.497 e. The highest BCUT2D eigenvalue weighted by Gasteiger charge is 2.24. The second-order valence-electron chi connectivity index (χ2n) is 9.50. The van der Waals surface area contributed by atoms with Gasteiger partial charge in [0.05, 0.1) is 33.4 Å². The van der Waals surface area contributed by atoms with E-state index in [4.69, 9.17) is 31.5 Å². The number of ether oxygens (including phenoxy) is 3. The van der Waals surface area contributed by atoms with Crippen molar-refractivity contribution in [3.63, 3.8) is 0 Å². The number of amides is 1. The van der Waals surface area contributed by atoms with Crippen LogP contribution in [0.5, 0.6) is 17.2 Å². The summed E-state index contributed by atoms with van der Waals surface area (Å²) in [6.45, 7) is 1.16. The molecule has 0 radical (unpaired) electrons. The third-order valence-corrected chi connectivity index (χ3v) is 6.93. The summed E-state index contributed by atoms with van der Waals surface area (Å²) in [6.07, 6.45) is 1.41. The lowest BCUT2D eigenvalue weighted by molar-refractivity contribution is -0.119. The van der Waals surface area contributed by atoms with Crippen molar-refractivity contribution in [1.82, 2.24) is 4.90 Å². The minimum atomic E-state index is -0.393. The van der Waals surface area contributed by atoms with E-state index in [9.17, 15) is 4.79 Å². The fourth-order valence-corrected chi connectivity index (χ4v) is 4.97. The van der Waals surface area contributed by atoms with Crippen LogP contribution in [0.4, 0.5) is 0 Å². The molecule has 4 aromatic rings. The molecular weight excluding hydrogens is 524 g/mol. The van der Waals surface area contributed by atoms with Gasteiger partial charge in [0.25, 0.3) is 0 Å². The van der Waals surface area contributed by atoms with Gasteiger partial charge in [-0.2, -0.15) is 0 Å². The SMILES string of the molecule is COc1ccc(C(c2ccc(OC)cc2)N(CCCOc2ccc(Cl)cc2Cc2ccccc2)CC(N)=O)cc1. The third kappa shape index (κ3) is 8.01. The van der Waals surface area contributed by atoms with Gasteiger partial charge in [-0.05, 0) is 71.1 Å². The van der Waals surface area contributed by atoms with Crippen LogP contribution in [0.1, 0.15) is 34.7 Å². The zero-order valence-electron chi connectivity index (χ0n) is 22.9. The van der Waals surface area contributed by atoms with Crippen LogP contribution in [-0.4, -0.2) is 44.7 Å². The van der Waals surface area contributed by atoms with Gasteiger partial charge in [0.2, 0.25) is 5.91 Å². The van der Waals surface area contributed by atoms with E-state index in [-0.39, 0.29) is 12.6 Å². The van der Waals surface area contributed by atoms with Crippen LogP contribution < -0.4 is 19.9 Å². The van der Waals surface area contributed by atoms with Gasteiger partial charge < -0.3 is 19.9 Å². The Bertz CT molecular complexity index is 1310. The molecule has 4 aromatic carbocycles. The van der Waals surface area contributed by atoms with Crippen molar-refractivity contribution in [2.45, 2.75) is 18.9 Å². The van der Waals surface area contributed by atoms with E-state index >= 15 is 0 Å². The van der Waals surface area contributed by atoms with Crippen LogP contribution in [-0.2, 0) is 11.2 Å². The molecule has 40 heavy (non-hydrogen) atoms. The molecule has 0 fully saturated rings. The molecule has 2 N–H and O–H groups in total. The van der Waals surface area contributed by atoms with E-state index in [0.29, 0.717) is 24.6 Å². The number of carbonyl (C=O) groups is 1. The molecule has 0 aliphatic heterocycles. The molecule has 0 bridgehead atoms. The van der Waals surface area contributed by atoms with Gasteiger partial charge in [0, 0.05) is 18.0 Å². The number of nitrogens with zero attached hydrogens (tertiary/aromatic N) is 1. The Morgan fingerprint density at radius 2 is 1.45 bits per heavy atom. The highest BCUT2D eigenvalue weighted by Crippen LogP contribution is 2.32. The molecule has 1 amide bonds. The predicted octanol–water partition coefficient (Wildman–Crippen LogP) is 6.29.